The Morgan fingerprint density at radius 3 is 2.76 bits per heavy atom. The maximum absolute atomic E-state index is 12.9. The summed E-state index contributed by atoms with van der Waals surface area (Å²) >= 11 is 1.71. The molecule has 158 valence electrons. The zero-order chi connectivity index (χ0) is 20.7. The topological polar surface area (TPSA) is 67.8 Å². The second-order valence-electron chi connectivity index (χ2n) is 6.09. The number of pyridine rings is 1. The molecule has 0 atom stereocenters. The molecule has 0 bridgehead atoms. The minimum atomic E-state index is -0.205. The molecule has 1 heterocycles. The van der Waals surface area contributed by atoms with E-state index in [0.29, 0.717) is 25.6 Å². The standard InChI is InChI=1S/C21H29FN4O2S/c1-3-23-21(25-12-5-15-29-19-9-7-18(22)8-10-19)26-16-17-6-4-11-24-20(17)28-14-13-27-2/h4,6-11H,3,5,12-16H2,1-2H3,(H2,23,25,26). The Hall–Kier alpha value is -2.32. The maximum Gasteiger partial charge on any atom is 0.218 e. The molecule has 6 nitrogen and oxygen atoms in total. The van der Waals surface area contributed by atoms with Gasteiger partial charge in [0, 0.05) is 36.9 Å². The Balaban J connectivity index is 1.79. The van der Waals surface area contributed by atoms with E-state index in [9.17, 15) is 4.39 Å². The molecule has 1 aromatic heterocycles. The summed E-state index contributed by atoms with van der Waals surface area (Å²) in [4.78, 5) is 9.99. The van der Waals surface area contributed by atoms with Gasteiger partial charge in [-0.3, -0.25) is 0 Å². The smallest absolute Gasteiger partial charge is 0.218 e. The van der Waals surface area contributed by atoms with Gasteiger partial charge in [-0.2, -0.15) is 0 Å². The fourth-order valence-electron chi connectivity index (χ4n) is 2.40. The molecule has 0 aliphatic rings. The lowest BCUT2D eigenvalue weighted by molar-refractivity contribution is 0.143. The lowest BCUT2D eigenvalue weighted by Crippen LogP contribution is -2.37. The van der Waals surface area contributed by atoms with Gasteiger partial charge in [0.2, 0.25) is 5.88 Å². The number of aliphatic imine (C=N–C) groups is 1. The molecular formula is C21H29FN4O2S. The van der Waals surface area contributed by atoms with Crippen LogP contribution in [-0.2, 0) is 11.3 Å². The highest BCUT2D eigenvalue weighted by molar-refractivity contribution is 7.99. The van der Waals surface area contributed by atoms with E-state index < -0.39 is 0 Å². The first-order valence-corrected chi connectivity index (χ1v) is 10.7. The lowest BCUT2D eigenvalue weighted by Gasteiger charge is -2.12. The largest absolute Gasteiger partial charge is 0.475 e. The minimum absolute atomic E-state index is 0.205. The molecule has 0 radical (unpaired) electrons. The molecule has 29 heavy (non-hydrogen) atoms. The van der Waals surface area contributed by atoms with E-state index in [1.807, 2.05) is 19.1 Å². The summed E-state index contributed by atoms with van der Waals surface area (Å²) in [5, 5.41) is 6.59. The van der Waals surface area contributed by atoms with E-state index in [2.05, 4.69) is 20.6 Å². The van der Waals surface area contributed by atoms with Gasteiger partial charge in [0.25, 0.3) is 0 Å². The number of aromatic nitrogens is 1. The second kappa shape index (κ2) is 13.8. The molecule has 8 heteroatoms. The number of methoxy groups -OCH3 is 1. The molecule has 0 aliphatic carbocycles. The highest BCUT2D eigenvalue weighted by Gasteiger charge is 2.05. The van der Waals surface area contributed by atoms with Gasteiger partial charge in [0.1, 0.15) is 12.4 Å². The summed E-state index contributed by atoms with van der Waals surface area (Å²) in [7, 11) is 1.64. The molecule has 0 unspecified atom stereocenters. The molecule has 0 amide bonds. The van der Waals surface area contributed by atoms with Gasteiger partial charge in [0.05, 0.1) is 13.2 Å². The number of hydrogen-bond donors (Lipinski definition) is 2. The van der Waals surface area contributed by atoms with Crippen molar-refractivity contribution >= 4 is 17.7 Å². The van der Waals surface area contributed by atoms with E-state index in [1.54, 1.807) is 37.2 Å². The average molecular weight is 421 g/mol. The summed E-state index contributed by atoms with van der Waals surface area (Å²) in [6.07, 6.45) is 2.67. The normalized spacial score (nSPS) is 11.3. The fourth-order valence-corrected chi connectivity index (χ4v) is 3.25. The van der Waals surface area contributed by atoms with Crippen LogP contribution in [0.15, 0.2) is 52.5 Å². The lowest BCUT2D eigenvalue weighted by atomic mass is 10.3. The third-order valence-corrected chi connectivity index (χ3v) is 4.92. The van der Waals surface area contributed by atoms with E-state index in [4.69, 9.17) is 9.47 Å². The molecule has 0 spiro atoms. The van der Waals surface area contributed by atoms with Gasteiger partial charge in [-0.15, -0.1) is 11.8 Å². The number of thioether (sulfide) groups is 1. The monoisotopic (exact) mass is 420 g/mol. The number of benzene rings is 1. The third-order valence-electron chi connectivity index (χ3n) is 3.82. The van der Waals surface area contributed by atoms with E-state index in [-0.39, 0.29) is 5.82 Å². The van der Waals surface area contributed by atoms with Crippen molar-refractivity contribution < 1.29 is 13.9 Å². The second-order valence-corrected chi connectivity index (χ2v) is 7.26. The number of nitrogens with zero attached hydrogens (tertiary/aromatic N) is 2. The van der Waals surface area contributed by atoms with Crippen molar-refractivity contribution in [2.45, 2.75) is 24.8 Å². The van der Waals surface area contributed by atoms with Crippen LogP contribution in [0.3, 0.4) is 0 Å². The number of hydrogen-bond acceptors (Lipinski definition) is 5. The van der Waals surface area contributed by atoms with Gasteiger partial charge in [0.15, 0.2) is 5.96 Å². The summed E-state index contributed by atoms with van der Waals surface area (Å²) in [5.41, 5.74) is 0.924. The first-order valence-electron chi connectivity index (χ1n) is 9.69. The van der Waals surface area contributed by atoms with Crippen LogP contribution < -0.4 is 15.4 Å². The molecule has 2 rings (SSSR count). The molecule has 1 aromatic carbocycles. The SMILES string of the molecule is CCNC(=NCc1cccnc1OCCOC)NCCCSc1ccc(F)cc1. The Morgan fingerprint density at radius 1 is 1.17 bits per heavy atom. The van der Waals surface area contributed by atoms with Gasteiger partial charge in [-0.05, 0) is 49.4 Å². The van der Waals surface area contributed by atoms with Crippen molar-refractivity contribution in [2.75, 3.05) is 39.2 Å². The van der Waals surface area contributed by atoms with Crippen molar-refractivity contribution in [3.05, 3.63) is 54.0 Å². The Labute approximate surface area is 176 Å². The van der Waals surface area contributed by atoms with Crippen LogP contribution in [-0.4, -0.2) is 50.1 Å². The highest BCUT2D eigenvalue weighted by atomic mass is 32.2. The van der Waals surface area contributed by atoms with Crippen molar-refractivity contribution in [2.24, 2.45) is 4.99 Å². The van der Waals surface area contributed by atoms with Crippen LogP contribution in [0, 0.1) is 5.82 Å². The van der Waals surface area contributed by atoms with Crippen LogP contribution in [0.2, 0.25) is 0 Å². The predicted octanol–water partition coefficient (Wildman–Crippen LogP) is 3.48. The molecule has 2 aromatic rings. The quantitative estimate of drug-likeness (QED) is 0.237. The average Bonchev–Trinajstić information content (AvgIpc) is 2.74. The van der Waals surface area contributed by atoms with E-state index >= 15 is 0 Å². The van der Waals surface area contributed by atoms with Gasteiger partial charge >= 0.3 is 0 Å². The van der Waals surface area contributed by atoms with E-state index in [0.717, 1.165) is 41.7 Å². The minimum Gasteiger partial charge on any atom is -0.475 e. The number of rotatable bonds is 12. The number of ether oxygens (including phenoxy) is 2. The number of guanidine groups is 1. The molecule has 0 fully saturated rings. The summed E-state index contributed by atoms with van der Waals surface area (Å²) < 4.78 is 23.6. The Bertz CT molecular complexity index is 744. The maximum atomic E-state index is 12.9. The summed E-state index contributed by atoms with van der Waals surface area (Å²) in [6.45, 7) is 5.04. The first kappa shape index (κ1) is 23.0. The van der Waals surface area contributed by atoms with Crippen molar-refractivity contribution in [1.29, 1.82) is 0 Å². The molecular weight excluding hydrogens is 391 g/mol. The number of halogens is 1. The zero-order valence-corrected chi connectivity index (χ0v) is 17.8. The van der Waals surface area contributed by atoms with Crippen LogP contribution in [0.5, 0.6) is 5.88 Å². The van der Waals surface area contributed by atoms with Crippen molar-refractivity contribution in [3.63, 3.8) is 0 Å². The van der Waals surface area contributed by atoms with Crippen molar-refractivity contribution in [1.82, 2.24) is 15.6 Å². The summed E-state index contributed by atoms with van der Waals surface area (Å²) in [5.74, 6) is 2.08. The van der Waals surface area contributed by atoms with Crippen LogP contribution in [0.1, 0.15) is 18.9 Å². The van der Waals surface area contributed by atoms with Crippen molar-refractivity contribution in [3.8, 4) is 5.88 Å². The number of nitrogens with one attached hydrogen (secondary N) is 2. The molecule has 0 saturated heterocycles. The van der Waals surface area contributed by atoms with Crippen LogP contribution in [0.4, 0.5) is 4.39 Å². The predicted molar refractivity (Wildman–Crippen MR) is 116 cm³/mol. The highest BCUT2D eigenvalue weighted by Crippen LogP contribution is 2.18. The Kier molecular flexibility index (Phi) is 10.9. The fraction of sp³-hybridized carbons (Fsp3) is 0.429. The van der Waals surface area contributed by atoms with Crippen LogP contribution >= 0.6 is 11.8 Å². The first-order chi connectivity index (χ1) is 14.2. The van der Waals surface area contributed by atoms with Gasteiger partial charge in [-0.25, -0.2) is 14.4 Å². The molecule has 0 aliphatic heterocycles. The zero-order valence-electron chi connectivity index (χ0n) is 17.0. The van der Waals surface area contributed by atoms with Gasteiger partial charge < -0.3 is 20.1 Å². The molecule has 2 N–H and O–H groups in total. The van der Waals surface area contributed by atoms with Gasteiger partial charge in [-0.1, -0.05) is 6.07 Å². The molecule has 0 saturated carbocycles. The third kappa shape index (κ3) is 9.15. The Morgan fingerprint density at radius 2 is 2.00 bits per heavy atom. The van der Waals surface area contributed by atoms with E-state index in [1.165, 1.54) is 12.1 Å². The summed E-state index contributed by atoms with van der Waals surface area (Å²) in [6, 6.07) is 10.4. The van der Waals surface area contributed by atoms with Crippen LogP contribution in [0.25, 0.3) is 0 Å².